The number of hydrogen-bond donors (Lipinski definition) is 1. The maximum absolute atomic E-state index is 12.8. The Balaban J connectivity index is 1.42. The molecule has 1 N–H and O–H groups in total. The van der Waals surface area contributed by atoms with E-state index in [9.17, 15) is 9.59 Å². The minimum absolute atomic E-state index is 0.0560. The van der Waals surface area contributed by atoms with Gasteiger partial charge in [0.15, 0.2) is 5.76 Å². The lowest BCUT2D eigenvalue weighted by Gasteiger charge is -2.31. The van der Waals surface area contributed by atoms with Gasteiger partial charge in [0, 0.05) is 25.5 Å². The summed E-state index contributed by atoms with van der Waals surface area (Å²) < 4.78 is 11.0. The van der Waals surface area contributed by atoms with Crippen LogP contribution in [0.1, 0.15) is 43.2 Å². The SMILES string of the molecule is Cc1cc([C@H]2CCCN2C(=O)CN2CC3(CCNCC3)OC2=O)on1. The molecule has 8 heteroatoms. The van der Waals surface area contributed by atoms with Crippen LogP contribution in [0, 0.1) is 6.92 Å². The van der Waals surface area contributed by atoms with E-state index in [1.807, 2.05) is 13.0 Å². The Labute approximate surface area is 146 Å². The van der Waals surface area contributed by atoms with Crippen LogP contribution in [0.2, 0.25) is 0 Å². The van der Waals surface area contributed by atoms with Crippen LogP contribution in [0.4, 0.5) is 4.79 Å². The Morgan fingerprint density at radius 2 is 2.24 bits per heavy atom. The average molecular weight is 348 g/mol. The van der Waals surface area contributed by atoms with Gasteiger partial charge < -0.3 is 19.5 Å². The molecule has 3 aliphatic rings. The summed E-state index contributed by atoms with van der Waals surface area (Å²) in [6.07, 6.45) is 3.01. The van der Waals surface area contributed by atoms with Crippen LogP contribution in [-0.2, 0) is 9.53 Å². The molecule has 0 bridgehead atoms. The molecule has 3 aliphatic heterocycles. The van der Waals surface area contributed by atoms with E-state index in [4.69, 9.17) is 9.26 Å². The highest BCUT2D eigenvalue weighted by atomic mass is 16.6. The summed E-state index contributed by atoms with van der Waals surface area (Å²) in [6.45, 7) is 4.80. The fraction of sp³-hybridized carbons (Fsp3) is 0.706. The first-order valence-electron chi connectivity index (χ1n) is 8.98. The normalized spacial score (nSPS) is 25.6. The number of hydrogen-bond acceptors (Lipinski definition) is 6. The fourth-order valence-electron chi connectivity index (χ4n) is 4.11. The molecule has 1 aromatic heterocycles. The number of carbonyl (C=O) groups is 2. The van der Waals surface area contributed by atoms with E-state index < -0.39 is 5.60 Å². The van der Waals surface area contributed by atoms with Gasteiger partial charge in [0.05, 0.1) is 18.3 Å². The Morgan fingerprint density at radius 3 is 2.96 bits per heavy atom. The van der Waals surface area contributed by atoms with Crippen LogP contribution < -0.4 is 5.32 Å². The van der Waals surface area contributed by atoms with Crippen LogP contribution in [-0.4, -0.2) is 65.3 Å². The third-order valence-electron chi connectivity index (χ3n) is 5.43. The molecule has 8 nitrogen and oxygen atoms in total. The number of rotatable bonds is 3. The van der Waals surface area contributed by atoms with Crippen molar-refractivity contribution in [1.29, 1.82) is 0 Å². The van der Waals surface area contributed by atoms with E-state index >= 15 is 0 Å². The Hall–Kier alpha value is -2.09. The third-order valence-corrected chi connectivity index (χ3v) is 5.43. The van der Waals surface area contributed by atoms with Crippen molar-refractivity contribution >= 4 is 12.0 Å². The molecule has 3 fully saturated rings. The summed E-state index contributed by atoms with van der Waals surface area (Å²) >= 11 is 0. The zero-order valence-electron chi connectivity index (χ0n) is 14.5. The first-order chi connectivity index (χ1) is 12.1. The van der Waals surface area contributed by atoms with E-state index in [0.29, 0.717) is 13.1 Å². The van der Waals surface area contributed by atoms with Crippen molar-refractivity contribution in [3.63, 3.8) is 0 Å². The van der Waals surface area contributed by atoms with Crippen LogP contribution in [0.25, 0.3) is 0 Å². The van der Waals surface area contributed by atoms with Gasteiger partial charge in [-0.1, -0.05) is 5.16 Å². The maximum atomic E-state index is 12.8. The van der Waals surface area contributed by atoms with Gasteiger partial charge in [-0.3, -0.25) is 9.69 Å². The molecule has 25 heavy (non-hydrogen) atoms. The molecule has 1 spiro atoms. The second-order valence-electron chi connectivity index (χ2n) is 7.27. The molecule has 2 amide bonds. The number of aryl methyl sites for hydroxylation is 1. The van der Waals surface area contributed by atoms with E-state index in [1.165, 1.54) is 0 Å². The van der Waals surface area contributed by atoms with Gasteiger partial charge in [0.2, 0.25) is 5.91 Å². The van der Waals surface area contributed by atoms with E-state index in [1.54, 1.807) is 9.80 Å². The first-order valence-corrected chi connectivity index (χ1v) is 8.98. The maximum Gasteiger partial charge on any atom is 0.410 e. The van der Waals surface area contributed by atoms with Crippen molar-refractivity contribution in [2.75, 3.05) is 32.7 Å². The smallest absolute Gasteiger partial charge is 0.410 e. The van der Waals surface area contributed by atoms with E-state index in [-0.39, 0.29) is 24.6 Å². The van der Waals surface area contributed by atoms with Crippen molar-refractivity contribution in [3.05, 3.63) is 17.5 Å². The number of nitrogens with zero attached hydrogens (tertiary/aromatic N) is 3. The molecule has 0 aromatic carbocycles. The summed E-state index contributed by atoms with van der Waals surface area (Å²) in [7, 11) is 0. The summed E-state index contributed by atoms with van der Waals surface area (Å²) in [6, 6.07) is 1.80. The van der Waals surface area contributed by atoms with Crippen molar-refractivity contribution in [3.8, 4) is 0 Å². The lowest BCUT2D eigenvalue weighted by molar-refractivity contribution is -0.133. The van der Waals surface area contributed by atoms with Crippen LogP contribution in [0.3, 0.4) is 0 Å². The van der Waals surface area contributed by atoms with Crippen LogP contribution in [0.5, 0.6) is 0 Å². The van der Waals surface area contributed by atoms with E-state index in [0.717, 1.165) is 50.2 Å². The third kappa shape index (κ3) is 3.10. The average Bonchev–Trinajstić information content (AvgIpc) is 3.28. The topological polar surface area (TPSA) is 87.9 Å². The van der Waals surface area contributed by atoms with Gasteiger partial charge in [-0.25, -0.2) is 4.79 Å². The number of ether oxygens (including phenoxy) is 1. The number of aromatic nitrogens is 1. The number of amides is 2. The van der Waals surface area contributed by atoms with Crippen molar-refractivity contribution < 1.29 is 18.8 Å². The number of nitrogens with one attached hydrogen (secondary N) is 1. The lowest BCUT2D eigenvalue weighted by atomic mass is 9.92. The first kappa shape index (κ1) is 16.4. The summed E-state index contributed by atoms with van der Waals surface area (Å²) in [5.41, 5.74) is 0.389. The number of carbonyl (C=O) groups excluding carboxylic acids is 2. The second kappa shape index (κ2) is 6.33. The second-order valence-corrected chi connectivity index (χ2v) is 7.27. The number of likely N-dealkylation sites (tertiary alicyclic amines) is 1. The van der Waals surface area contributed by atoms with Crippen LogP contribution >= 0.6 is 0 Å². The standard InChI is InChI=1S/C17H24N4O4/c1-12-9-14(25-19-12)13-3-2-8-21(13)15(22)10-20-11-17(24-16(20)23)4-6-18-7-5-17/h9,13,18H,2-8,10-11H2,1H3/t13-/m1/s1. The summed E-state index contributed by atoms with van der Waals surface area (Å²) in [5, 5.41) is 7.20. The Bertz CT molecular complexity index is 667. The van der Waals surface area contributed by atoms with Gasteiger partial charge in [0.1, 0.15) is 12.1 Å². The lowest BCUT2D eigenvalue weighted by Crippen LogP contribution is -2.46. The van der Waals surface area contributed by atoms with Crippen molar-refractivity contribution in [2.45, 2.75) is 44.2 Å². The predicted octanol–water partition coefficient (Wildman–Crippen LogP) is 1.22. The molecule has 0 aliphatic carbocycles. The molecular formula is C17H24N4O4. The highest BCUT2D eigenvalue weighted by molar-refractivity contribution is 5.83. The molecule has 1 aromatic rings. The number of piperidine rings is 1. The van der Waals surface area contributed by atoms with Crippen molar-refractivity contribution in [2.24, 2.45) is 0 Å². The molecule has 4 rings (SSSR count). The zero-order chi connectivity index (χ0) is 17.4. The quantitative estimate of drug-likeness (QED) is 0.884. The molecule has 1 atom stereocenters. The zero-order valence-corrected chi connectivity index (χ0v) is 14.5. The molecule has 3 saturated heterocycles. The fourth-order valence-corrected chi connectivity index (χ4v) is 4.11. The van der Waals surface area contributed by atoms with Gasteiger partial charge >= 0.3 is 6.09 Å². The minimum Gasteiger partial charge on any atom is -0.441 e. The predicted molar refractivity (Wildman–Crippen MR) is 87.8 cm³/mol. The molecule has 0 radical (unpaired) electrons. The Kier molecular flexibility index (Phi) is 4.15. The van der Waals surface area contributed by atoms with E-state index in [2.05, 4.69) is 10.5 Å². The van der Waals surface area contributed by atoms with Gasteiger partial charge in [-0.15, -0.1) is 0 Å². The highest BCUT2D eigenvalue weighted by Crippen LogP contribution is 2.34. The largest absolute Gasteiger partial charge is 0.441 e. The van der Waals surface area contributed by atoms with Gasteiger partial charge in [-0.05, 0) is 32.9 Å². The Morgan fingerprint density at radius 1 is 1.44 bits per heavy atom. The van der Waals surface area contributed by atoms with Crippen molar-refractivity contribution in [1.82, 2.24) is 20.3 Å². The van der Waals surface area contributed by atoms with Gasteiger partial charge in [0.25, 0.3) is 0 Å². The highest BCUT2D eigenvalue weighted by Gasteiger charge is 2.46. The monoisotopic (exact) mass is 348 g/mol. The molecule has 0 saturated carbocycles. The molecule has 4 heterocycles. The minimum atomic E-state index is -0.422. The molecule has 0 unspecified atom stereocenters. The summed E-state index contributed by atoms with van der Waals surface area (Å²) in [4.78, 5) is 28.4. The molecular weight excluding hydrogens is 324 g/mol. The summed E-state index contributed by atoms with van der Waals surface area (Å²) in [5.74, 6) is 0.668. The van der Waals surface area contributed by atoms with Gasteiger partial charge in [-0.2, -0.15) is 0 Å². The molecule has 136 valence electrons. The van der Waals surface area contributed by atoms with Crippen LogP contribution in [0.15, 0.2) is 10.6 Å².